The molecule has 0 fully saturated rings. The molecule has 7 nitrogen and oxygen atoms in total. The molecular formula is C17H25N3O4. The first-order chi connectivity index (χ1) is 11.3. The van der Waals surface area contributed by atoms with Gasteiger partial charge in [0.05, 0.1) is 17.9 Å². The number of aliphatic carboxylic acids is 1. The highest BCUT2D eigenvalue weighted by Gasteiger charge is 2.35. The van der Waals surface area contributed by atoms with Crippen LogP contribution in [-0.2, 0) is 9.59 Å². The number of carboxylic acids is 1. The molecule has 0 aliphatic heterocycles. The van der Waals surface area contributed by atoms with Gasteiger partial charge < -0.3 is 21.5 Å². The highest BCUT2D eigenvalue weighted by molar-refractivity contribution is 5.79. The van der Waals surface area contributed by atoms with Gasteiger partial charge in [0.1, 0.15) is 0 Å². The third-order valence-electron chi connectivity index (χ3n) is 4.31. The van der Waals surface area contributed by atoms with E-state index < -0.39 is 29.4 Å². The van der Waals surface area contributed by atoms with Gasteiger partial charge in [-0.1, -0.05) is 44.2 Å². The van der Waals surface area contributed by atoms with Gasteiger partial charge in [0.25, 0.3) is 0 Å². The van der Waals surface area contributed by atoms with Gasteiger partial charge in [-0.15, -0.1) is 0 Å². The molecule has 1 aromatic carbocycles. The van der Waals surface area contributed by atoms with E-state index in [0.717, 1.165) is 5.56 Å². The number of nitrogens with two attached hydrogens (primary N) is 1. The standard InChI is InChI=1S/C17H25N3O4/c1-3-17(4-2,15(22)23)11-19-16(24)20-13(10-14(18)21)12-8-6-5-7-9-12/h5-9,13H,3-4,10-11H2,1-2H3,(H2,18,21)(H,22,23)(H2,19,20,24)/t13-/m0/s1. The molecule has 0 heterocycles. The molecule has 132 valence electrons. The first kappa shape index (κ1) is 19.5. The Bertz CT molecular complexity index is 570. The number of amides is 3. The fourth-order valence-electron chi connectivity index (χ4n) is 2.48. The summed E-state index contributed by atoms with van der Waals surface area (Å²) < 4.78 is 0. The number of primary amides is 1. The molecule has 0 saturated carbocycles. The number of nitrogens with one attached hydrogen (secondary N) is 2. The summed E-state index contributed by atoms with van der Waals surface area (Å²) >= 11 is 0. The zero-order valence-corrected chi connectivity index (χ0v) is 14.0. The van der Waals surface area contributed by atoms with Gasteiger partial charge in [-0.3, -0.25) is 9.59 Å². The fraction of sp³-hybridized carbons (Fsp3) is 0.471. The van der Waals surface area contributed by atoms with E-state index in [9.17, 15) is 19.5 Å². The molecule has 0 aliphatic rings. The zero-order chi connectivity index (χ0) is 18.2. The van der Waals surface area contributed by atoms with Crippen LogP contribution in [0.2, 0.25) is 0 Å². The lowest BCUT2D eigenvalue weighted by molar-refractivity contribution is -0.149. The summed E-state index contributed by atoms with van der Waals surface area (Å²) in [5.74, 6) is -1.48. The van der Waals surface area contributed by atoms with Crippen LogP contribution in [0.1, 0.15) is 44.7 Å². The van der Waals surface area contributed by atoms with Crippen molar-refractivity contribution < 1.29 is 19.5 Å². The lowest BCUT2D eigenvalue weighted by Gasteiger charge is -2.27. The Hall–Kier alpha value is -2.57. The minimum Gasteiger partial charge on any atom is -0.481 e. The van der Waals surface area contributed by atoms with Gasteiger partial charge in [-0.25, -0.2) is 4.79 Å². The minimum atomic E-state index is -0.997. The maximum absolute atomic E-state index is 12.1. The summed E-state index contributed by atoms with van der Waals surface area (Å²) in [6.07, 6.45) is 0.772. The third-order valence-corrected chi connectivity index (χ3v) is 4.31. The molecule has 0 unspecified atom stereocenters. The van der Waals surface area contributed by atoms with Crippen molar-refractivity contribution >= 4 is 17.9 Å². The lowest BCUT2D eigenvalue weighted by Crippen LogP contribution is -2.47. The number of urea groups is 1. The van der Waals surface area contributed by atoms with E-state index in [4.69, 9.17) is 5.73 Å². The van der Waals surface area contributed by atoms with E-state index in [0.29, 0.717) is 12.8 Å². The molecule has 1 atom stereocenters. The number of rotatable bonds is 9. The summed E-state index contributed by atoms with van der Waals surface area (Å²) in [5.41, 5.74) is 5.00. The van der Waals surface area contributed by atoms with E-state index in [2.05, 4.69) is 10.6 Å². The maximum Gasteiger partial charge on any atom is 0.315 e. The van der Waals surface area contributed by atoms with Gasteiger partial charge in [-0.2, -0.15) is 0 Å². The molecule has 1 aromatic rings. The van der Waals surface area contributed by atoms with Crippen molar-refractivity contribution in [3.8, 4) is 0 Å². The van der Waals surface area contributed by atoms with Crippen molar-refractivity contribution in [3.05, 3.63) is 35.9 Å². The average molecular weight is 335 g/mol. The number of benzene rings is 1. The van der Waals surface area contributed by atoms with Crippen molar-refractivity contribution in [2.24, 2.45) is 11.1 Å². The Kier molecular flexibility index (Phi) is 7.23. The Labute approximate surface area is 141 Å². The molecule has 24 heavy (non-hydrogen) atoms. The monoisotopic (exact) mass is 335 g/mol. The van der Waals surface area contributed by atoms with Crippen LogP contribution in [0, 0.1) is 5.41 Å². The van der Waals surface area contributed by atoms with Crippen molar-refractivity contribution in [2.75, 3.05) is 6.54 Å². The SMILES string of the molecule is CCC(CC)(CNC(=O)N[C@@H](CC(N)=O)c1ccccc1)C(=O)O. The Morgan fingerprint density at radius 3 is 2.21 bits per heavy atom. The summed E-state index contributed by atoms with van der Waals surface area (Å²) in [6.45, 7) is 3.56. The smallest absolute Gasteiger partial charge is 0.315 e. The van der Waals surface area contributed by atoms with E-state index >= 15 is 0 Å². The van der Waals surface area contributed by atoms with Gasteiger partial charge in [0, 0.05) is 6.54 Å². The second-order valence-corrected chi connectivity index (χ2v) is 5.75. The summed E-state index contributed by atoms with van der Waals surface area (Å²) in [7, 11) is 0. The predicted octanol–water partition coefficient (Wildman–Crippen LogP) is 1.79. The number of carbonyl (C=O) groups is 3. The quantitative estimate of drug-likeness (QED) is 0.549. The summed E-state index contributed by atoms with van der Waals surface area (Å²) in [4.78, 5) is 34.8. The van der Waals surface area contributed by atoms with Crippen LogP contribution in [-0.4, -0.2) is 29.6 Å². The topological polar surface area (TPSA) is 122 Å². The molecule has 7 heteroatoms. The van der Waals surface area contributed by atoms with Crippen molar-refractivity contribution in [1.82, 2.24) is 10.6 Å². The molecule has 0 radical (unpaired) electrons. The molecule has 0 spiro atoms. The van der Waals surface area contributed by atoms with Crippen molar-refractivity contribution in [3.63, 3.8) is 0 Å². The van der Waals surface area contributed by atoms with Gasteiger partial charge in [-0.05, 0) is 18.4 Å². The number of hydrogen-bond donors (Lipinski definition) is 4. The highest BCUT2D eigenvalue weighted by Crippen LogP contribution is 2.25. The Morgan fingerprint density at radius 2 is 1.75 bits per heavy atom. The Morgan fingerprint density at radius 1 is 1.17 bits per heavy atom. The fourth-order valence-corrected chi connectivity index (χ4v) is 2.48. The second-order valence-electron chi connectivity index (χ2n) is 5.75. The maximum atomic E-state index is 12.1. The van der Waals surface area contributed by atoms with Crippen LogP contribution in [0.4, 0.5) is 4.79 Å². The van der Waals surface area contributed by atoms with Crippen molar-refractivity contribution in [1.29, 1.82) is 0 Å². The second kappa shape index (κ2) is 8.90. The highest BCUT2D eigenvalue weighted by atomic mass is 16.4. The predicted molar refractivity (Wildman–Crippen MR) is 90.2 cm³/mol. The summed E-state index contributed by atoms with van der Waals surface area (Å²) in [6, 6.07) is 7.90. The largest absolute Gasteiger partial charge is 0.481 e. The van der Waals surface area contributed by atoms with Crippen LogP contribution in [0.5, 0.6) is 0 Å². The zero-order valence-electron chi connectivity index (χ0n) is 14.0. The van der Waals surface area contributed by atoms with Crippen LogP contribution in [0.15, 0.2) is 30.3 Å². The number of carboxylic acid groups (broad SMARTS) is 1. The summed E-state index contributed by atoms with van der Waals surface area (Å²) in [5, 5.41) is 14.7. The number of carbonyl (C=O) groups excluding carboxylic acids is 2. The molecule has 0 saturated heterocycles. The molecule has 1 rings (SSSR count). The van der Waals surface area contributed by atoms with Crippen LogP contribution >= 0.6 is 0 Å². The van der Waals surface area contributed by atoms with E-state index in [1.807, 2.05) is 6.07 Å². The molecular weight excluding hydrogens is 310 g/mol. The van der Waals surface area contributed by atoms with Crippen molar-refractivity contribution in [2.45, 2.75) is 39.2 Å². The molecule has 0 bridgehead atoms. The molecule has 0 aliphatic carbocycles. The number of hydrogen-bond acceptors (Lipinski definition) is 3. The third kappa shape index (κ3) is 5.26. The van der Waals surface area contributed by atoms with Crippen LogP contribution in [0.3, 0.4) is 0 Å². The molecule has 3 amide bonds. The van der Waals surface area contributed by atoms with Crippen LogP contribution in [0.25, 0.3) is 0 Å². The first-order valence-electron chi connectivity index (χ1n) is 7.95. The molecule has 0 aromatic heterocycles. The minimum absolute atomic E-state index is 0.0131. The molecule has 5 N–H and O–H groups in total. The van der Waals surface area contributed by atoms with E-state index in [1.165, 1.54) is 0 Å². The van der Waals surface area contributed by atoms with Crippen LogP contribution < -0.4 is 16.4 Å². The van der Waals surface area contributed by atoms with E-state index in [1.54, 1.807) is 38.1 Å². The van der Waals surface area contributed by atoms with Gasteiger partial charge >= 0.3 is 12.0 Å². The van der Waals surface area contributed by atoms with Gasteiger partial charge in [0.15, 0.2) is 0 Å². The lowest BCUT2D eigenvalue weighted by atomic mass is 9.82. The first-order valence-corrected chi connectivity index (χ1v) is 7.95. The van der Waals surface area contributed by atoms with Gasteiger partial charge in [0.2, 0.25) is 5.91 Å². The van der Waals surface area contributed by atoms with E-state index in [-0.39, 0.29) is 13.0 Å². The normalized spacial score (nSPS) is 12.2. The Balaban J connectivity index is 2.75. The average Bonchev–Trinajstić information content (AvgIpc) is 2.56.